The standard InChI is InChI=1S/C26H37N3O4S/c1-6-8-17-27-26(31)23(7-2)28(18-22-15-10-9-11-16-22)24(30)19-29(34(5,32)33)25-20(3)13-12-14-21(25)4/h9-16,23H,6-8,17-19H2,1-5H3,(H,27,31)/t23-/m0/s1. The van der Waals surface area contributed by atoms with Gasteiger partial charge >= 0.3 is 0 Å². The lowest BCUT2D eigenvalue weighted by molar-refractivity contribution is -0.140. The summed E-state index contributed by atoms with van der Waals surface area (Å²) in [4.78, 5) is 28.2. The molecule has 2 rings (SSSR count). The van der Waals surface area contributed by atoms with Crippen molar-refractivity contribution < 1.29 is 18.0 Å². The number of anilines is 1. The summed E-state index contributed by atoms with van der Waals surface area (Å²) in [6.45, 7) is 7.92. The van der Waals surface area contributed by atoms with Crippen LogP contribution >= 0.6 is 0 Å². The van der Waals surface area contributed by atoms with E-state index < -0.39 is 22.0 Å². The van der Waals surface area contributed by atoms with E-state index in [1.165, 1.54) is 4.90 Å². The van der Waals surface area contributed by atoms with Gasteiger partial charge in [0.2, 0.25) is 21.8 Å². The summed E-state index contributed by atoms with van der Waals surface area (Å²) in [5.41, 5.74) is 2.89. The van der Waals surface area contributed by atoms with E-state index in [1.54, 1.807) is 0 Å². The summed E-state index contributed by atoms with van der Waals surface area (Å²) in [5.74, 6) is -0.646. The van der Waals surface area contributed by atoms with Crippen molar-refractivity contribution in [3.8, 4) is 0 Å². The first-order valence-electron chi connectivity index (χ1n) is 11.7. The van der Waals surface area contributed by atoms with Crippen LogP contribution in [0.25, 0.3) is 0 Å². The highest BCUT2D eigenvalue weighted by Crippen LogP contribution is 2.27. The number of rotatable bonds is 12. The second kappa shape index (κ2) is 12.6. The molecule has 7 nitrogen and oxygen atoms in total. The number of nitrogens with zero attached hydrogens (tertiary/aromatic N) is 2. The second-order valence-corrected chi connectivity index (χ2v) is 10.5. The molecular formula is C26H37N3O4S. The maximum absolute atomic E-state index is 13.7. The predicted molar refractivity (Wildman–Crippen MR) is 137 cm³/mol. The smallest absolute Gasteiger partial charge is 0.244 e. The van der Waals surface area contributed by atoms with E-state index in [2.05, 4.69) is 5.32 Å². The normalized spacial score (nSPS) is 12.1. The average Bonchev–Trinajstić information content (AvgIpc) is 2.78. The number of para-hydroxylation sites is 1. The van der Waals surface area contributed by atoms with E-state index in [0.717, 1.165) is 40.1 Å². The Morgan fingerprint density at radius 3 is 2.12 bits per heavy atom. The van der Waals surface area contributed by atoms with Gasteiger partial charge in [0.1, 0.15) is 12.6 Å². The Morgan fingerprint density at radius 2 is 1.59 bits per heavy atom. The molecular weight excluding hydrogens is 450 g/mol. The van der Waals surface area contributed by atoms with E-state index >= 15 is 0 Å². The molecule has 8 heteroatoms. The number of aryl methyl sites for hydroxylation is 2. The van der Waals surface area contributed by atoms with Crippen molar-refractivity contribution in [2.24, 2.45) is 0 Å². The number of carbonyl (C=O) groups excluding carboxylic acids is 2. The molecule has 0 spiro atoms. The Morgan fingerprint density at radius 1 is 0.971 bits per heavy atom. The number of carbonyl (C=O) groups is 2. The van der Waals surface area contributed by atoms with Crippen molar-refractivity contribution in [2.45, 2.75) is 59.5 Å². The van der Waals surface area contributed by atoms with Crippen LogP contribution in [-0.2, 0) is 26.2 Å². The van der Waals surface area contributed by atoms with E-state index in [0.29, 0.717) is 18.7 Å². The quantitative estimate of drug-likeness (QED) is 0.462. The molecule has 0 unspecified atom stereocenters. The van der Waals surface area contributed by atoms with Gasteiger partial charge < -0.3 is 10.2 Å². The lowest BCUT2D eigenvalue weighted by atomic mass is 10.1. The van der Waals surface area contributed by atoms with Crippen LogP contribution in [-0.4, -0.2) is 50.5 Å². The summed E-state index contributed by atoms with van der Waals surface area (Å²) in [5, 5.41) is 2.92. The summed E-state index contributed by atoms with van der Waals surface area (Å²) >= 11 is 0. The molecule has 0 saturated carbocycles. The van der Waals surface area contributed by atoms with Gasteiger partial charge in [-0.05, 0) is 43.4 Å². The molecule has 2 aromatic carbocycles. The molecule has 186 valence electrons. The molecule has 2 amide bonds. The highest BCUT2D eigenvalue weighted by molar-refractivity contribution is 7.92. The van der Waals surface area contributed by atoms with Gasteiger partial charge in [0, 0.05) is 13.1 Å². The van der Waals surface area contributed by atoms with Crippen LogP contribution in [0.15, 0.2) is 48.5 Å². The molecule has 0 aromatic heterocycles. The molecule has 0 fully saturated rings. The van der Waals surface area contributed by atoms with E-state index in [-0.39, 0.29) is 19.0 Å². The third-order valence-corrected chi connectivity index (χ3v) is 6.89. The molecule has 34 heavy (non-hydrogen) atoms. The fourth-order valence-corrected chi connectivity index (χ4v) is 4.95. The molecule has 0 aliphatic heterocycles. The predicted octanol–water partition coefficient (Wildman–Crippen LogP) is 3.79. The zero-order valence-corrected chi connectivity index (χ0v) is 21.7. The van der Waals surface area contributed by atoms with Crippen molar-refractivity contribution >= 4 is 27.5 Å². The van der Waals surface area contributed by atoms with Gasteiger partial charge in [-0.3, -0.25) is 13.9 Å². The van der Waals surface area contributed by atoms with Crippen LogP contribution in [0.2, 0.25) is 0 Å². The van der Waals surface area contributed by atoms with Gasteiger partial charge in [-0.2, -0.15) is 0 Å². The lowest BCUT2D eigenvalue weighted by Gasteiger charge is -2.33. The number of amides is 2. The Labute approximate surface area is 204 Å². The molecule has 0 aliphatic carbocycles. The number of sulfonamides is 1. The Hall–Kier alpha value is -2.87. The van der Waals surface area contributed by atoms with Crippen molar-refractivity contribution in [1.82, 2.24) is 10.2 Å². The molecule has 0 aliphatic rings. The Balaban J connectivity index is 2.43. The summed E-state index contributed by atoms with van der Waals surface area (Å²) in [6, 6.07) is 14.2. The zero-order valence-electron chi connectivity index (χ0n) is 20.9. The van der Waals surface area contributed by atoms with E-state index in [9.17, 15) is 18.0 Å². The second-order valence-electron chi connectivity index (χ2n) is 8.59. The molecule has 0 heterocycles. The number of hydrogen-bond acceptors (Lipinski definition) is 4. The van der Waals surface area contributed by atoms with Gasteiger partial charge in [0.25, 0.3) is 0 Å². The van der Waals surface area contributed by atoms with E-state index in [1.807, 2.05) is 76.2 Å². The number of hydrogen-bond donors (Lipinski definition) is 1. The fourth-order valence-electron chi connectivity index (χ4n) is 3.98. The van der Waals surface area contributed by atoms with Crippen molar-refractivity contribution in [3.05, 3.63) is 65.2 Å². The topological polar surface area (TPSA) is 86.8 Å². The first kappa shape index (κ1) is 27.4. The lowest BCUT2D eigenvalue weighted by Crippen LogP contribution is -2.52. The maximum Gasteiger partial charge on any atom is 0.244 e. The van der Waals surface area contributed by atoms with Gasteiger partial charge in [0.15, 0.2) is 0 Å². The van der Waals surface area contributed by atoms with Gasteiger partial charge in [-0.15, -0.1) is 0 Å². The summed E-state index contributed by atoms with van der Waals surface area (Å²) < 4.78 is 26.7. The van der Waals surface area contributed by atoms with Crippen LogP contribution in [0.3, 0.4) is 0 Å². The van der Waals surface area contributed by atoms with Crippen LogP contribution in [0.1, 0.15) is 49.8 Å². The highest BCUT2D eigenvalue weighted by Gasteiger charge is 2.32. The summed E-state index contributed by atoms with van der Waals surface area (Å²) in [7, 11) is -3.75. The van der Waals surface area contributed by atoms with Gasteiger partial charge in [0.05, 0.1) is 11.9 Å². The van der Waals surface area contributed by atoms with Crippen molar-refractivity contribution in [1.29, 1.82) is 0 Å². The molecule has 0 bridgehead atoms. The number of benzene rings is 2. The third-order valence-electron chi connectivity index (χ3n) is 5.78. The summed E-state index contributed by atoms with van der Waals surface area (Å²) in [6.07, 6.45) is 3.31. The van der Waals surface area contributed by atoms with E-state index in [4.69, 9.17) is 0 Å². The van der Waals surface area contributed by atoms with Gasteiger partial charge in [-0.25, -0.2) is 8.42 Å². The average molecular weight is 488 g/mol. The van der Waals surface area contributed by atoms with Crippen LogP contribution in [0.5, 0.6) is 0 Å². The highest BCUT2D eigenvalue weighted by atomic mass is 32.2. The first-order chi connectivity index (χ1) is 16.1. The SMILES string of the molecule is CCCCNC(=O)[C@H](CC)N(Cc1ccccc1)C(=O)CN(c1c(C)cccc1C)S(C)(=O)=O. The van der Waals surface area contributed by atoms with Crippen LogP contribution in [0.4, 0.5) is 5.69 Å². The van der Waals surface area contributed by atoms with Crippen molar-refractivity contribution in [2.75, 3.05) is 23.7 Å². The van der Waals surface area contributed by atoms with Gasteiger partial charge in [-0.1, -0.05) is 68.8 Å². The minimum atomic E-state index is -3.75. The minimum absolute atomic E-state index is 0.212. The minimum Gasteiger partial charge on any atom is -0.354 e. The fraction of sp³-hybridized carbons (Fsp3) is 0.462. The monoisotopic (exact) mass is 487 g/mol. The number of nitrogens with one attached hydrogen (secondary N) is 1. The number of unbranched alkanes of at least 4 members (excludes halogenated alkanes) is 1. The third kappa shape index (κ3) is 7.32. The Kier molecular flexibility index (Phi) is 10.1. The molecule has 2 aromatic rings. The molecule has 0 radical (unpaired) electrons. The Bertz CT molecular complexity index is 1050. The zero-order chi connectivity index (χ0) is 25.3. The van der Waals surface area contributed by atoms with Crippen LogP contribution in [0, 0.1) is 13.8 Å². The van der Waals surface area contributed by atoms with Crippen LogP contribution < -0.4 is 9.62 Å². The molecule has 1 N–H and O–H groups in total. The van der Waals surface area contributed by atoms with Crippen molar-refractivity contribution in [3.63, 3.8) is 0 Å². The maximum atomic E-state index is 13.7. The first-order valence-corrected chi connectivity index (χ1v) is 13.6. The molecule has 0 saturated heterocycles. The molecule has 1 atom stereocenters. The largest absolute Gasteiger partial charge is 0.354 e.